The number of rotatable bonds is 5. The number of ether oxygens (including phenoxy) is 3. The van der Waals surface area contributed by atoms with E-state index in [2.05, 4.69) is 4.98 Å². The first kappa shape index (κ1) is 14.8. The lowest BCUT2D eigenvalue weighted by atomic mass is 10.3. The zero-order valence-electron chi connectivity index (χ0n) is 11.9. The van der Waals surface area contributed by atoms with Crippen LogP contribution in [0.25, 0.3) is 0 Å². The van der Waals surface area contributed by atoms with Crippen molar-refractivity contribution in [1.82, 2.24) is 9.55 Å². The highest BCUT2D eigenvalue weighted by Crippen LogP contribution is 2.18. The van der Waals surface area contributed by atoms with E-state index in [4.69, 9.17) is 19.9 Å². The van der Waals surface area contributed by atoms with Gasteiger partial charge in [-0.2, -0.15) is 0 Å². The van der Waals surface area contributed by atoms with Gasteiger partial charge in [0.2, 0.25) is 0 Å². The Morgan fingerprint density at radius 2 is 2.30 bits per heavy atom. The zero-order valence-corrected chi connectivity index (χ0v) is 11.9. The second-order valence-corrected chi connectivity index (χ2v) is 4.51. The van der Waals surface area contributed by atoms with Gasteiger partial charge in [0.25, 0.3) is 0 Å². The van der Waals surface area contributed by atoms with Crippen LogP contribution in [0, 0.1) is 0 Å². The minimum Gasteiger partial charge on any atom is -0.461 e. The fourth-order valence-electron chi connectivity index (χ4n) is 2.18. The molecular weight excluding hydrogens is 262 g/mol. The van der Waals surface area contributed by atoms with Crippen LogP contribution in [-0.2, 0) is 27.2 Å². The van der Waals surface area contributed by atoms with Crippen LogP contribution in [0.2, 0.25) is 0 Å². The third-order valence-corrected chi connectivity index (χ3v) is 3.14. The second-order valence-electron chi connectivity index (χ2n) is 4.51. The molecule has 112 valence electrons. The topological polar surface area (TPSA) is 88.6 Å². The number of esters is 1. The third-order valence-electron chi connectivity index (χ3n) is 3.14. The molecule has 1 aliphatic rings. The normalized spacial score (nSPS) is 19.0. The predicted molar refractivity (Wildman–Crippen MR) is 72.5 cm³/mol. The van der Waals surface area contributed by atoms with Gasteiger partial charge in [-0.25, -0.2) is 9.78 Å². The smallest absolute Gasteiger partial charge is 0.360 e. The molecule has 1 aromatic rings. The van der Waals surface area contributed by atoms with E-state index in [-0.39, 0.29) is 11.8 Å². The Morgan fingerprint density at radius 3 is 2.90 bits per heavy atom. The Labute approximate surface area is 118 Å². The first-order chi connectivity index (χ1) is 9.67. The first-order valence-electron chi connectivity index (χ1n) is 6.88. The van der Waals surface area contributed by atoms with Crippen LogP contribution in [-0.4, -0.2) is 48.1 Å². The van der Waals surface area contributed by atoms with Gasteiger partial charge in [0.05, 0.1) is 39.1 Å². The summed E-state index contributed by atoms with van der Waals surface area (Å²) in [6.45, 7) is 6.25. The second kappa shape index (κ2) is 6.71. The summed E-state index contributed by atoms with van der Waals surface area (Å²) in [5, 5.41) is 0. The number of carbonyl (C=O) groups is 1. The molecule has 0 aromatic carbocycles. The molecule has 2 N–H and O–H groups in total. The number of nitrogen functional groups attached to an aromatic ring is 1. The molecular formula is C13H21N3O4. The molecule has 1 atom stereocenters. The van der Waals surface area contributed by atoms with E-state index in [0.29, 0.717) is 45.2 Å². The molecule has 7 nitrogen and oxygen atoms in total. The van der Waals surface area contributed by atoms with Gasteiger partial charge in [0.1, 0.15) is 11.6 Å². The summed E-state index contributed by atoms with van der Waals surface area (Å²) in [6.07, 6.45) is 0.609. The molecule has 1 unspecified atom stereocenters. The molecule has 1 aromatic heterocycles. The third kappa shape index (κ3) is 3.10. The van der Waals surface area contributed by atoms with Crippen molar-refractivity contribution < 1.29 is 19.0 Å². The van der Waals surface area contributed by atoms with E-state index in [0.717, 1.165) is 5.82 Å². The van der Waals surface area contributed by atoms with Crippen LogP contribution in [0.4, 0.5) is 5.82 Å². The number of carbonyl (C=O) groups excluding carboxylic acids is 1. The van der Waals surface area contributed by atoms with Gasteiger partial charge < -0.3 is 24.5 Å². The summed E-state index contributed by atoms with van der Waals surface area (Å²) in [4.78, 5) is 16.1. The molecule has 0 aliphatic carbocycles. The largest absolute Gasteiger partial charge is 0.461 e. The van der Waals surface area contributed by atoms with Crippen molar-refractivity contribution in [1.29, 1.82) is 0 Å². The van der Waals surface area contributed by atoms with Gasteiger partial charge in [-0.05, 0) is 6.92 Å². The van der Waals surface area contributed by atoms with Crippen molar-refractivity contribution in [2.75, 3.05) is 32.2 Å². The lowest BCUT2D eigenvalue weighted by molar-refractivity contribution is -0.0936. The Morgan fingerprint density at radius 1 is 1.50 bits per heavy atom. The highest BCUT2D eigenvalue weighted by molar-refractivity contribution is 5.92. The van der Waals surface area contributed by atoms with Crippen LogP contribution < -0.4 is 5.73 Å². The predicted octanol–water partition coefficient (Wildman–Crippen LogP) is 0.620. The van der Waals surface area contributed by atoms with Crippen molar-refractivity contribution in [3.05, 3.63) is 11.5 Å². The summed E-state index contributed by atoms with van der Waals surface area (Å²) in [5.41, 5.74) is 6.21. The van der Waals surface area contributed by atoms with Gasteiger partial charge in [0, 0.05) is 6.42 Å². The molecule has 7 heteroatoms. The number of anilines is 1. The van der Waals surface area contributed by atoms with E-state index in [1.165, 1.54) is 0 Å². The lowest BCUT2D eigenvalue weighted by Gasteiger charge is -2.24. The molecule has 0 radical (unpaired) electrons. The van der Waals surface area contributed by atoms with Crippen LogP contribution >= 0.6 is 0 Å². The van der Waals surface area contributed by atoms with E-state index < -0.39 is 5.97 Å². The number of hydrogen-bond acceptors (Lipinski definition) is 6. The maximum atomic E-state index is 11.8. The summed E-state index contributed by atoms with van der Waals surface area (Å²) in [6, 6.07) is 0. The average Bonchev–Trinajstić information content (AvgIpc) is 2.77. The van der Waals surface area contributed by atoms with E-state index in [9.17, 15) is 4.79 Å². The number of imidazole rings is 1. The van der Waals surface area contributed by atoms with Crippen LogP contribution in [0.15, 0.2) is 0 Å². The van der Waals surface area contributed by atoms with Crippen LogP contribution in [0.5, 0.6) is 0 Å². The molecule has 0 saturated carbocycles. The van der Waals surface area contributed by atoms with Crippen molar-refractivity contribution >= 4 is 11.8 Å². The zero-order chi connectivity index (χ0) is 14.5. The quantitative estimate of drug-likeness (QED) is 0.797. The SMILES string of the molecule is CCOC(=O)c1nc(CC)n(CC2COCCO2)c1N. The van der Waals surface area contributed by atoms with Gasteiger partial charge in [-0.3, -0.25) is 0 Å². The minimum atomic E-state index is -0.487. The molecule has 1 fully saturated rings. The number of aryl methyl sites for hydroxylation is 1. The Bertz CT molecular complexity index is 466. The Balaban J connectivity index is 2.20. The summed E-state index contributed by atoms with van der Waals surface area (Å²) in [5.74, 6) is 0.591. The van der Waals surface area contributed by atoms with Crippen molar-refractivity contribution in [3.63, 3.8) is 0 Å². The summed E-state index contributed by atoms with van der Waals surface area (Å²) < 4.78 is 17.7. The van der Waals surface area contributed by atoms with E-state index in [1.807, 2.05) is 11.5 Å². The number of nitrogens with zero attached hydrogens (tertiary/aromatic N) is 2. The number of aromatic nitrogens is 2. The van der Waals surface area contributed by atoms with Gasteiger partial charge >= 0.3 is 5.97 Å². The lowest BCUT2D eigenvalue weighted by Crippen LogP contribution is -2.33. The monoisotopic (exact) mass is 283 g/mol. The molecule has 1 saturated heterocycles. The average molecular weight is 283 g/mol. The van der Waals surface area contributed by atoms with Crippen LogP contribution in [0.1, 0.15) is 30.2 Å². The fourth-order valence-corrected chi connectivity index (χ4v) is 2.18. The maximum absolute atomic E-state index is 11.8. The molecule has 1 aliphatic heterocycles. The minimum absolute atomic E-state index is 0.0689. The van der Waals surface area contributed by atoms with E-state index >= 15 is 0 Å². The molecule has 0 spiro atoms. The molecule has 20 heavy (non-hydrogen) atoms. The molecule has 0 amide bonds. The van der Waals surface area contributed by atoms with Gasteiger partial charge in [-0.1, -0.05) is 6.92 Å². The highest BCUT2D eigenvalue weighted by atomic mass is 16.6. The van der Waals surface area contributed by atoms with Crippen LogP contribution in [0.3, 0.4) is 0 Å². The number of hydrogen-bond donors (Lipinski definition) is 1. The first-order valence-corrected chi connectivity index (χ1v) is 6.88. The van der Waals surface area contributed by atoms with Crippen molar-refractivity contribution in [2.24, 2.45) is 0 Å². The highest BCUT2D eigenvalue weighted by Gasteiger charge is 2.24. The van der Waals surface area contributed by atoms with Gasteiger partial charge in [-0.15, -0.1) is 0 Å². The van der Waals surface area contributed by atoms with E-state index in [1.54, 1.807) is 6.92 Å². The molecule has 2 heterocycles. The fraction of sp³-hybridized carbons (Fsp3) is 0.692. The molecule has 0 bridgehead atoms. The molecule has 2 rings (SSSR count). The Kier molecular flexibility index (Phi) is 4.97. The standard InChI is InChI=1S/C13H21N3O4/c1-3-10-15-11(13(17)19-4-2)12(14)16(10)7-9-8-18-5-6-20-9/h9H,3-8,14H2,1-2H3. The van der Waals surface area contributed by atoms with Gasteiger partial charge in [0.15, 0.2) is 5.69 Å². The maximum Gasteiger partial charge on any atom is 0.360 e. The van der Waals surface area contributed by atoms with Crippen molar-refractivity contribution in [3.8, 4) is 0 Å². The number of nitrogens with two attached hydrogens (primary N) is 1. The summed E-state index contributed by atoms with van der Waals surface area (Å²) in [7, 11) is 0. The van der Waals surface area contributed by atoms with Crippen molar-refractivity contribution in [2.45, 2.75) is 32.9 Å². The Hall–Kier alpha value is -1.60. The summed E-state index contributed by atoms with van der Waals surface area (Å²) >= 11 is 0.